The van der Waals surface area contributed by atoms with Gasteiger partial charge >= 0.3 is 0 Å². The van der Waals surface area contributed by atoms with Crippen molar-refractivity contribution in [3.05, 3.63) is 42.1 Å². The first-order chi connectivity index (χ1) is 9.36. The lowest BCUT2D eigenvalue weighted by Gasteiger charge is -2.28. The minimum absolute atomic E-state index is 0.151. The smallest absolute Gasteiger partial charge is 0.0705 e. The van der Waals surface area contributed by atoms with Gasteiger partial charge in [0, 0.05) is 22.9 Å². The summed E-state index contributed by atoms with van der Waals surface area (Å²) < 4.78 is 0. The molecule has 0 radical (unpaired) electrons. The van der Waals surface area contributed by atoms with Gasteiger partial charge in [-0.2, -0.15) is 0 Å². The first kappa shape index (κ1) is 15.3. The Hall–Kier alpha value is -1.08. The Labute approximate surface area is 127 Å². The summed E-state index contributed by atoms with van der Waals surface area (Å²) in [6.45, 7) is 9.10. The summed E-state index contributed by atoms with van der Waals surface area (Å²) in [6, 6.07) is 12.4. The fourth-order valence-electron chi connectivity index (χ4n) is 2.27. The molecule has 0 aliphatic rings. The minimum Gasteiger partial charge on any atom is -0.253 e. The van der Waals surface area contributed by atoms with Crippen LogP contribution in [0.15, 0.2) is 36.4 Å². The van der Waals surface area contributed by atoms with Crippen LogP contribution in [0.3, 0.4) is 0 Å². The third kappa shape index (κ3) is 3.96. The minimum atomic E-state index is 0.151. The largest absolute Gasteiger partial charge is 0.253 e. The maximum Gasteiger partial charge on any atom is 0.0705 e. The first-order valence-corrected chi connectivity index (χ1v) is 7.78. The molecule has 0 saturated heterocycles. The van der Waals surface area contributed by atoms with Crippen LogP contribution in [0.5, 0.6) is 0 Å². The number of benzene rings is 1. The Morgan fingerprint density at radius 1 is 1.10 bits per heavy atom. The Kier molecular flexibility index (Phi) is 4.70. The van der Waals surface area contributed by atoms with E-state index in [1.807, 2.05) is 12.1 Å². The van der Waals surface area contributed by atoms with E-state index in [0.29, 0.717) is 11.3 Å². The van der Waals surface area contributed by atoms with Gasteiger partial charge in [-0.3, -0.25) is 4.98 Å². The van der Waals surface area contributed by atoms with E-state index in [4.69, 9.17) is 16.6 Å². The van der Waals surface area contributed by atoms with Gasteiger partial charge in [0.2, 0.25) is 0 Å². The molecule has 20 heavy (non-hydrogen) atoms. The Bertz CT molecular complexity index is 571. The van der Waals surface area contributed by atoms with Crippen LogP contribution in [-0.4, -0.2) is 10.4 Å². The lowest BCUT2D eigenvalue weighted by Crippen LogP contribution is -2.21. The molecule has 0 spiro atoms. The van der Waals surface area contributed by atoms with Gasteiger partial charge in [0.25, 0.3) is 0 Å². The molecule has 2 aromatic rings. The summed E-state index contributed by atoms with van der Waals surface area (Å²) in [5, 5.41) is 1.34. The molecular weight excluding hydrogens is 266 g/mol. The fraction of sp³-hybridized carbons (Fsp3) is 0.500. The van der Waals surface area contributed by atoms with Gasteiger partial charge in [-0.15, -0.1) is 11.6 Å². The standard InChI is InChI=1S/C18H24ClN/c1-13(18(2,3)4)11-15(19)12-16-10-9-14-7-5-6-8-17(14)20-16/h5-10,13,15H,11-12H2,1-4H3. The van der Waals surface area contributed by atoms with E-state index in [2.05, 4.69) is 52.0 Å². The molecule has 2 heteroatoms. The van der Waals surface area contributed by atoms with Gasteiger partial charge < -0.3 is 0 Å². The summed E-state index contributed by atoms with van der Waals surface area (Å²) >= 11 is 6.53. The second kappa shape index (κ2) is 6.13. The van der Waals surface area contributed by atoms with E-state index in [1.54, 1.807) is 0 Å². The third-order valence-electron chi connectivity index (χ3n) is 4.17. The number of alkyl halides is 1. The number of pyridine rings is 1. The van der Waals surface area contributed by atoms with Crippen molar-refractivity contribution in [3.8, 4) is 0 Å². The summed E-state index contributed by atoms with van der Waals surface area (Å²) in [7, 11) is 0. The highest BCUT2D eigenvalue weighted by molar-refractivity contribution is 6.20. The normalized spacial score (nSPS) is 15.2. The zero-order valence-corrected chi connectivity index (χ0v) is 13.6. The van der Waals surface area contributed by atoms with Gasteiger partial charge in [0.1, 0.15) is 0 Å². The summed E-state index contributed by atoms with van der Waals surface area (Å²) in [4.78, 5) is 4.70. The predicted octanol–water partition coefficient (Wildman–Crippen LogP) is 5.46. The maximum atomic E-state index is 6.53. The molecule has 0 aliphatic carbocycles. The highest BCUT2D eigenvalue weighted by Crippen LogP contribution is 2.31. The van der Waals surface area contributed by atoms with Crippen molar-refractivity contribution in [1.82, 2.24) is 4.98 Å². The molecular formula is C18H24ClN. The number of hydrogen-bond donors (Lipinski definition) is 0. The van der Waals surface area contributed by atoms with Crippen LogP contribution in [0.25, 0.3) is 10.9 Å². The maximum absolute atomic E-state index is 6.53. The van der Waals surface area contributed by atoms with Crippen molar-refractivity contribution < 1.29 is 0 Å². The molecule has 1 heterocycles. The second-order valence-corrected chi connectivity index (χ2v) is 7.42. The summed E-state index contributed by atoms with van der Waals surface area (Å²) in [6.07, 6.45) is 1.87. The molecule has 0 fully saturated rings. The van der Waals surface area contributed by atoms with Crippen LogP contribution in [0, 0.1) is 11.3 Å². The Balaban J connectivity index is 2.04. The Morgan fingerprint density at radius 3 is 2.50 bits per heavy atom. The number of hydrogen-bond acceptors (Lipinski definition) is 1. The van der Waals surface area contributed by atoms with E-state index in [1.165, 1.54) is 5.39 Å². The first-order valence-electron chi connectivity index (χ1n) is 7.35. The van der Waals surface area contributed by atoms with Crippen molar-refractivity contribution in [2.45, 2.75) is 45.9 Å². The molecule has 108 valence electrons. The van der Waals surface area contributed by atoms with E-state index < -0.39 is 0 Å². The average molecular weight is 290 g/mol. The monoisotopic (exact) mass is 289 g/mol. The zero-order valence-electron chi connectivity index (χ0n) is 12.9. The molecule has 0 bridgehead atoms. The van der Waals surface area contributed by atoms with Gasteiger partial charge in [0.15, 0.2) is 0 Å². The van der Waals surface area contributed by atoms with E-state index in [0.717, 1.165) is 24.1 Å². The number of halogens is 1. The zero-order chi connectivity index (χ0) is 14.8. The van der Waals surface area contributed by atoms with Crippen molar-refractivity contribution in [2.24, 2.45) is 11.3 Å². The molecule has 1 aromatic heterocycles. The van der Waals surface area contributed by atoms with Crippen LogP contribution >= 0.6 is 11.6 Å². The molecule has 0 saturated carbocycles. The van der Waals surface area contributed by atoms with Crippen molar-refractivity contribution in [2.75, 3.05) is 0 Å². The van der Waals surface area contributed by atoms with Crippen molar-refractivity contribution in [1.29, 1.82) is 0 Å². The van der Waals surface area contributed by atoms with Gasteiger partial charge in [-0.25, -0.2) is 0 Å². The van der Waals surface area contributed by atoms with Gasteiger partial charge in [-0.1, -0.05) is 52.0 Å². The molecule has 2 rings (SSSR count). The molecule has 0 N–H and O–H groups in total. The average Bonchev–Trinajstić information content (AvgIpc) is 2.37. The third-order valence-corrected chi connectivity index (χ3v) is 4.51. The van der Waals surface area contributed by atoms with Crippen LogP contribution in [-0.2, 0) is 6.42 Å². The molecule has 0 aliphatic heterocycles. The molecule has 0 amide bonds. The van der Waals surface area contributed by atoms with Crippen molar-refractivity contribution in [3.63, 3.8) is 0 Å². The topological polar surface area (TPSA) is 12.9 Å². The summed E-state index contributed by atoms with van der Waals surface area (Å²) in [5.74, 6) is 0.602. The second-order valence-electron chi connectivity index (χ2n) is 6.80. The van der Waals surface area contributed by atoms with Gasteiger partial charge in [-0.05, 0) is 29.9 Å². The quantitative estimate of drug-likeness (QED) is 0.681. The number of rotatable bonds is 4. The fourth-order valence-corrected chi connectivity index (χ4v) is 2.69. The van der Waals surface area contributed by atoms with Crippen LogP contribution in [0.4, 0.5) is 0 Å². The number of para-hydroxylation sites is 1. The van der Waals surface area contributed by atoms with Crippen LogP contribution < -0.4 is 0 Å². The number of nitrogens with zero attached hydrogens (tertiary/aromatic N) is 1. The van der Waals surface area contributed by atoms with Crippen LogP contribution in [0.1, 0.15) is 39.8 Å². The van der Waals surface area contributed by atoms with E-state index >= 15 is 0 Å². The predicted molar refractivity (Wildman–Crippen MR) is 88.3 cm³/mol. The highest BCUT2D eigenvalue weighted by Gasteiger charge is 2.23. The highest BCUT2D eigenvalue weighted by atomic mass is 35.5. The van der Waals surface area contributed by atoms with E-state index in [9.17, 15) is 0 Å². The van der Waals surface area contributed by atoms with E-state index in [-0.39, 0.29) is 5.38 Å². The number of fused-ring (bicyclic) bond motifs is 1. The Morgan fingerprint density at radius 2 is 1.80 bits per heavy atom. The lowest BCUT2D eigenvalue weighted by molar-refractivity contribution is 0.244. The van der Waals surface area contributed by atoms with Crippen LogP contribution in [0.2, 0.25) is 0 Å². The summed E-state index contributed by atoms with van der Waals surface area (Å²) in [5.41, 5.74) is 2.45. The molecule has 2 unspecified atom stereocenters. The van der Waals surface area contributed by atoms with Crippen molar-refractivity contribution >= 4 is 22.5 Å². The molecule has 1 aromatic carbocycles. The SMILES string of the molecule is CC(CC(Cl)Cc1ccc2ccccc2n1)C(C)(C)C. The molecule has 2 atom stereocenters. The van der Waals surface area contributed by atoms with Gasteiger partial charge in [0.05, 0.1) is 5.52 Å². The number of aromatic nitrogens is 1. The molecule has 1 nitrogen and oxygen atoms in total. The lowest BCUT2D eigenvalue weighted by atomic mass is 9.79.